The van der Waals surface area contributed by atoms with E-state index in [2.05, 4.69) is 43.2 Å². The highest BCUT2D eigenvalue weighted by molar-refractivity contribution is 7.99. The highest BCUT2D eigenvalue weighted by atomic mass is 32.2. The highest BCUT2D eigenvalue weighted by Gasteiger charge is 2.13. The second-order valence-electron chi connectivity index (χ2n) is 6.90. The summed E-state index contributed by atoms with van der Waals surface area (Å²) in [5, 5.41) is 8.71. The Morgan fingerprint density at radius 2 is 1.70 bits per heavy atom. The van der Waals surface area contributed by atoms with Gasteiger partial charge in [-0.15, -0.1) is 11.8 Å². The minimum atomic E-state index is -3.66. The molecule has 0 aliphatic carbocycles. The van der Waals surface area contributed by atoms with Gasteiger partial charge in [0.05, 0.1) is 4.90 Å². The summed E-state index contributed by atoms with van der Waals surface area (Å²) in [6.45, 7) is 5.36. The number of anilines is 1. The largest absolute Gasteiger partial charge is 0.381 e. The van der Waals surface area contributed by atoms with Crippen LogP contribution in [0.2, 0.25) is 0 Å². The first kappa shape index (κ1) is 21.8. The Labute approximate surface area is 167 Å². The number of thioether (sulfide) groups is 1. The van der Waals surface area contributed by atoms with Gasteiger partial charge in [0.15, 0.2) is 0 Å². The van der Waals surface area contributed by atoms with Crippen molar-refractivity contribution in [1.29, 1.82) is 0 Å². The standard InChI is InChI=1S/C20H29N3O2S2/c1-16(2)23(3)14-13-18(15-26-19-7-5-4-6-8-19)22-17-9-11-20(12-10-17)27(21,24)25/h4-12,16,18,22H,13-15H2,1-3H3,(H2,21,24,25)/t18-/m1/s1. The Balaban J connectivity index is 2.03. The van der Waals surface area contributed by atoms with Gasteiger partial charge in [0.25, 0.3) is 0 Å². The van der Waals surface area contributed by atoms with Crippen molar-refractivity contribution < 1.29 is 8.42 Å². The minimum absolute atomic E-state index is 0.128. The van der Waals surface area contributed by atoms with Gasteiger partial charge < -0.3 is 10.2 Å². The van der Waals surface area contributed by atoms with E-state index >= 15 is 0 Å². The molecule has 0 amide bonds. The van der Waals surface area contributed by atoms with Gasteiger partial charge in [0.1, 0.15) is 0 Å². The summed E-state index contributed by atoms with van der Waals surface area (Å²) in [5.74, 6) is 0.923. The van der Waals surface area contributed by atoms with Crippen LogP contribution in [0.4, 0.5) is 5.69 Å². The molecule has 0 bridgehead atoms. The Kier molecular flexibility index (Phi) is 8.16. The van der Waals surface area contributed by atoms with Crippen LogP contribution in [-0.2, 0) is 10.0 Å². The van der Waals surface area contributed by atoms with E-state index in [0.717, 1.165) is 24.4 Å². The highest BCUT2D eigenvalue weighted by Crippen LogP contribution is 2.22. The van der Waals surface area contributed by atoms with Crippen LogP contribution >= 0.6 is 11.8 Å². The van der Waals surface area contributed by atoms with Crippen LogP contribution in [0.3, 0.4) is 0 Å². The van der Waals surface area contributed by atoms with Crippen molar-refractivity contribution in [1.82, 2.24) is 4.90 Å². The van der Waals surface area contributed by atoms with E-state index in [1.807, 2.05) is 30.0 Å². The van der Waals surface area contributed by atoms with Crippen LogP contribution in [-0.4, -0.2) is 44.7 Å². The molecular weight excluding hydrogens is 378 g/mol. The van der Waals surface area contributed by atoms with E-state index in [1.165, 1.54) is 4.90 Å². The molecule has 0 aromatic heterocycles. The molecule has 27 heavy (non-hydrogen) atoms. The van der Waals surface area contributed by atoms with E-state index in [9.17, 15) is 8.42 Å². The fraction of sp³-hybridized carbons (Fsp3) is 0.400. The number of nitrogens with two attached hydrogens (primary N) is 1. The Morgan fingerprint density at radius 3 is 2.26 bits per heavy atom. The number of rotatable bonds is 10. The summed E-state index contributed by atoms with van der Waals surface area (Å²) in [7, 11) is -1.53. The molecule has 1 atom stereocenters. The molecule has 5 nitrogen and oxygen atoms in total. The zero-order valence-electron chi connectivity index (χ0n) is 16.1. The lowest BCUT2D eigenvalue weighted by atomic mass is 10.2. The average molecular weight is 408 g/mol. The van der Waals surface area contributed by atoms with Crippen molar-refractivity contribution in [2.24, 2.45) is 5.14 Å². The Morgan fingerprint density at radius 1 is 1.07 bits per heavy atom. The lowest BCUT2D eigenvalue weighted by Gasteiger charge is -2.25. The van der Waals surface area contributed by atoms with Crippen LogP contribution in [0.1, 0.15) is 20.3 Å². The molecule has 3 N–H and O–H groups in total. The normalized spacial score (nSPS) is 13.1. The summed E-state index contributed by atoms with van der Waals surface area (Å²) in [5.41, 5.74) is 0.897. The number of hydrogen-bond donors (Lipinski definition) is 2. The van der Waals surface area contributed by atoms with Crippen molar-refractivity contribution in [2.45, 2.75) is 42.1 Å². The summed E-state index contributed by atoms with van der Waals surface area (Å²) in [6, 6.07) is 17.7. The van der Waals surface area contributed by atoms with Crippen LogP contribution < -0.4 is 10.5 Å². The Bertz CT molecular complexity index is 794. The molecule has 7 heteroatoms. The van der Waals surface area contributed by atoms with Crippen molar-refractivity contribution in [2.75, 3.05) is 24.7 Å². The molecule has 0 radical (unpaired) electrons. The quantitative estimate of drug-likeness (QED) is 0.588. The molecule has 2 aromatic carbocycles. The summed E-state index contributed by atoms with van der Waals surface area (Å²) in [4.78, 5) is 3.69. The number of nitrogens with zero attached hydrogens (tertiary/aromatic N) is 1. The molecule has 0 saturated heterocycles. The van der Waals surface area contributed by atoms with Gasteiger partial charge >= 0.3 is 0 Å². The topological polar surface area (TPSA) is 75.4 Å². The first-order valence-corrected chi connectivity index (χ1v) is 11.6. The molecule has 148 valence electrons. The predicted octanol–water partition coefficient (Wildman–Crippen LogP) is 3.64. The molecule has 0 heterocycles. The van der Waals surface area contributed by atoms with Crippen molar-refractivity contribution >= 4 is 27.5 Å². The van der Waals surface area contributed by atoms with E-state index in [1.54, 1.807) is 24.3 Å². The van der Waals surface area contributed by atoms with Gasteiger partial charge in [-0.1, -0.05) is 18.2 Å². The molecule has 0 saturated carbocycles. The number of benzene rings is 2. The number of sulfonamides is 1. The molecule has 0 aliphatic rings. The lowest BCUT2D eigenvalue weighted by molar-refractivity contribution is 0.267. The zero-order valence-corrected chi connectivity index (χ0v) is 17.8. The molecule has 0 spiro atoms. The smallest absolute Gasteiger partial charge is 0.238 e. The monoisotopic (exact) mass is 407 g/mol. The summed E-state index contributed by atoms with van der Waals surface area (Å²) < 4.78 is 22.8. The number of hydrogen-bond acceptors (Lipinski definition) is 5. The zero-order chi connectivity index (χ0) is 19.9. The fourth-order valence-electron chi connectivity index (χ4n) is 2.50. The molecule has 0 unspecified atom stereocenters. The van der Waals surface area contributed by atoms with Crippen LogP contribution in [0.25, 0.3) is 0 Å². The Hall–Kier alpha value is -1.54. The van der Waals surface area contributed by atoms with E-state index in [0.29, 0.717) is 6.04 Å². The van der Waals surface area contributed by atoms with Gasteiger partial charge in [-0.05, 0) is 63.7 Å². The third-order valence-electron chi connectivity index (χ3n) is 4.46. The van der Waals surface area contributed by atoms with Gasteiger partial charge in [0, 0.05) is 35.0 Å². The molecule has 0 aliphatic heterocycles. The maximum absolute atomic E-state index is 11.4. The molecule has 2 aromatic rings. The first-order chi connectivity index (χ1) is 12.8. The maximum Gasteiger partial charge on any atom is 0.238 e. The van der Waals surface area contributed by atoms with E-state index < -0.39 is 10.0 Å². The molecule has 0 fully saturated rings. The van der Waals surface area contributed by atoms with E-state index in [-0.39, 0.29) is 10.9 Å². The third kappa shape index (κ3) is 7.54. The van der Waals surface area contributed by atoms with Crippen LogP contribution in [0.15, 0.2) is 64.4 Å². The van der Waals surface area contributed by atoms with E-state index in [4.69, 9.17) is 5.14 Å². The van der Waals surface area contributed by atoms with Crippen molar-refractivity contribution in [3.05, 3.63) is 54.6 Å². The van der Waals surface area contributed by atoms with Gasteiger partial charge in [-0.25, -0.2) is 13.6 Å². The SMILES string of the molecule is CC(C)N(C)CC[C@H](CSc1ccccc1)Nc1ccc(S(N)(=O)=O)cc1. The minimum Gasteiger partial charge on any atom is -0.381 e. The van der Waals surface area contributed by atoms with Gasteiger partial charge in [-0.2, -0.15) is 0 Å². The lowest BCUT2D eigenvalue weighted by Crippen LogP contribution is -2.32. The first-order valence-electron chi connectivity index (χ1n) is 9.03. The van der Waals surface area contributed by atoms with Crippen molar-refractivity contribution in [3.8, 4) is 0 Å². The number of primary sulfonamides is 1. The second kappa shape index (κ2) is 10.1. The van der Waals surface area contributed by atoms with Crippen molar-refractivity contribution in [3.63, 3.8) is 0 Å². The van der Waals surface area contributed by atoms with Gasteiger partial charge in [-0.3, -0.25) is 0 Å². The second-order valence-corrected chi connectivity index (χ2v) is 9.55. The van der Waals surface area contributed by atoms with Gasteiger partial charge in [0.2, 0.25) is 10.0 Å². The number of nitrogens with one attached hydrogen (secondary N) is 1. The summed E-state index contributed by atoms with van der Waals surface area (Å²) >= 11 is 1.82. The predicted molar refractivity (Wildman–Crippen MR) is 115 cm³/mol. The molecule has 2 rings (SSSR count). The maximum atomic E-state index is 11.4. The van der Waals surface area contributed by atoms with Crippen LogP contribution in [0, 0.1) is 0 Å². The third-order valence-corrected chi connectivity index (χ3v) is 6.56. The molecular formula is C20H29N3O2S2. The summed E-state index contributed by atoms with van der Waals surface area (Å²) in [6.07, 6.45) is 0.992. The van der Waals surface area contributed by atoms with Crippen LogP contribution in [0.5, 0.6) is 0 Å². The fourth-order valence-corrected chi connectivity index (χ4v) is 4.01. The average Bonchev–Trinajstić information content (AvgIpc) is 2.64.